The summed E-state index contributed by atoms with van der Waals surface area (Å²) in [4.78, 5) is 0. The highest BCUT2D eigenvalue weighted by Gasteiger charge is 2.04. The summed E-state index contributed by atoms with van der Waals surface area (Å²) in [6, 6.07) is 1.37. The van der Waals surface area contributed by atoms with Gasteiger partial charge in [0.25, 0.3) is 0 Å². The zero-order valence-corrected chi connectivity index (χ0v) is 5.65. The number of hydrogen-bond acceptors (Lipinski definition) is 3. The van der Waals surface area contributed by atoms with Crippen LogP contribution in [0.5, 0.6) is 0 Å². The summed E-state index contributed by atoms with van der Waals surface area (Å²) in [5.41, 5.74) is 6.15. The maximum absolute atomic E-state index is 8.39. The van der Waals surface area contributed by atoms with Crippen molar-refractivity contribution < 1.29 is 0 Å². The minimum atomic E-state index is -0.548. The molecule has 4 nitrogen and oxygen atoms in total. The zero-order chi connectivity index (χ0) is 7.56. The third-order valence-corrected chi connectivity index (χ3v) is 1.22. The van der Waals surface area contributed by atoms with Crippen LogP contribution in [0.4, 0.5) is 0 Å². The van der Waals surface area contributed by atoms with Crippen molar-refractivity contribution >= 4 is 0 Å². The maximum atomic E-state index is 8.39. The minimum Gasteiger partial charge on any atom is -0.312 e. The van der Waals surface area contributed by atoms with Crippen molar-refractivity contribution in [2.45, 2.75) is 6.04 Å². The number of nitrogens with zero attached hydrogens (tertiary/aromatic N) is 3. The molecule has 0 spiro atoms. The molecule has 2 N–H and O–H groups in total. The molecule has 0 amide bonds. The van der Waals surface area contributed by atoms with E-state index in [0.717, 1.165) is 5.56 Å². The summed E-state index contributed by atoms with van der Waals surface area (Å²) < 4.78 is 1.62. The van der Waals surface area contributed by atoms with Gasteiger partial charge in [-0.05, 0) is 0 Å². The highest BCUT2D eigenvalue weighted by Crippen LogP contribution is 2.05. The average Bonchev–Trinajstić information content (AvgIpc) is 2.34. The molecule has 0 saturated heterocycles. The van der Waals surface area contributed by atoms with Gasteiger partial charge in [0.1, 0.15) is 6.04 Å². The van der Waals surface area contributed by atoms with Crippen LogP contribution in [0, 0.1) is 11.3 Å². The molecule has 0 unspecified atom stereocenters. The molecule has 1 heterocycles. The van der Waals surface area contributed by atoms with Gasteiger partial charge in [0.2, 0.25) is 0 Å². The fraction of sp³-hybridized carbons (Fsp3) is 0.333. The van der Waals surface area contributed by atoms with Crippen LogP contribution in [0.3, 0.4) is 0 Å². The van der Waals surface area contributed by atoms with E-state index in [4.69, 9.17) is 11.0 Å². The molecule has 1 aromatic rings. The van der Waals surface area contributed by atoms with Crippen LogP contribution >= 0.6 is 0 Å². The number of rotatable bonds is 1. The fourth-order valence-electron chi connectivity index (χ4n) is 0.675. The van der Waals surface area contributed by atoms with Crippen molar-refractivity contribution in [1.29, 1.82) is 5.26 Å². The van der Waals surface area contributed by atoms with E-state index < -0.39 is 6.04 Å². The van der Waals surface area contributed by atoms with Crippen LogP contribution in [0.2, 0.25) is 0 Å². The second kappa shape index (κ2) is 2.50. The predicted octanol–water partition coefficient (Wildman–Crippen LogP) is -0.0565. The third kappa shape index (κ3) is 1.14. The fourth-order valence-corrected chi connectivity index (χ4v) is 0.675. The molecule has 0 aliphatic heterocycles. The van der Waals surface area contributed by atoms with Gasteiger partial charge in [-0.15, -0.1) is 0 Å². The summed E-state index contributed by atoms with van der Waals surface area (Å²) in [5.74, 6) is 0. The highest BCUT2D eigenvalue weighted by atomic mass is 15.2. The van der Waals surface area contributed by atoms with Crippen molar-refractivity contribution in [3.8, 4) is 6.07 Å². The molecule has 1 atom stereocenters. The molecule has 52 valence electrons. The second-order valence-electron chi connectivity index (χ2n) is 2.05. The Kier molecular flexibility index (Phi) is 1.69. The number of nitriles is 1. The summed E-state index contributed by atoms with van der Waals surface area (Å²) >= 11 is 0. The van der Waals surface area contributed by atoms with Gasteiger partial charge in [-0.2, -0.15) is 10.4 Å². The molecule has 0 saturated carbocycles. The third-order valence-electron chi connectivity index (χ3n) is 1.22. The first-order chi connectivity index (χ1) is 4.74. The number of aryl methyl sites for hydroxylation is 1. The van der Waals surface area contributed by atoms with Crippen molar-refractivity contribution in [2.24, 2.45) is 12.8 Å². The Morgan fingerprint density at radius 3 is 3.00 bits per heavy atom. The van der Waals surface area contributed by atoms with Crippen LogP contribution in [0.15, 0.2) is 12.4 Å². The van der Waals surface area contributed by atoms with Gasteiger partial charge in [-0.25, -0.2) is 0 Å². The Hall–Kier alpha value is -1.34. The molecule has 0 aromatic carbocycles. The van der Waals surface area contributed by atoms with E-state index in [1.807, 2.05) is 6.07 Å². The molecule has 1 aromatic heterocycles. The summed E-state index contributed by atoms with van der Waals surface area (Å²) in [5, 5.41) is 12.3. The molecule has 1 rings (SSSR count). The topological polar surface area (TPSA) is 67.6 Å². The van der Waals surface area contributed by atoms with E-state index in [1.165, 1.54) is 0 Å². The lowest BCUT2D eigenvalue weighted by atomic mass is 10.2. The summed E-state index contributed by atoms with van der Waals surface area (Å²) in [6.07, 6.45) is 3.32. The van der Waals surface area contributed by atoms with Gasteiger partial charge in [-0.3, -0.25) is 4.68 Å². The van der Waals surface area contributed by atoms with E-state index in [-0.39, 0.29) is 0 Å². The largest absolute Gasteiger partial charge is 0.312 e. The smallest absolute Gasteiger partial charge is 0.121 e. The number of aromatic nitrogens is 2. The first-order valence-corrected chi connectivity index (χ1v) is 2.88. The maximum Gasteiger partial charge on any atom is 0.121 e. The van der Waals surface area contributed by atoms with Crippen LogP contribution in [-0.4, -0.2) is 9.78 Å². The minimum absolute atomic E-state index is 0.548. The van der Waals surface area contributed by atoms with Gasteiger partial charge in [0.15, 0.2) is 0 Å². The van der Waals surface area contributed by atoms with Crippen molar-refractivity contribution in [3.05, 3.63) is 18.0 Å². The molecular weight excluding hydrogens is 128 g/mol. The normalized spacial score (nSPS) is 12.5. The lowest BCUT2D eigenvalue weighted by molar-refractivity contribution is 0.766. The van der Waals surface area contributed by atoms with Gasteiger partial charge >= 0.3 is 0 Å². The van der Waals surface area contributed by atoms with E-state index in [1.54, 1.807) is 24.1 Å². The van der Waals surface area contributed by atoms with Gasteiger partial charge in [0.05, 0.1) is 12.3 Å². The van der Waals surface area contributed by atoms with E-state index in [9.17, 15) is 0 Å². The SMILES string of the molecule is Cn1cc([C@@H](N)C#N)cn1. The lowest BCUT2D eigenvalue weighted by Crippen LogP contribution is -2.05. The molecular formula is C6H8N4. The monoisotopic (exact) mass is 136 g/mol. The lowest BCUT2D eigenvalue weighted by Gasteiger charge is -1.93. The van der Waals surface area contributed by atoms with Crippen LogP contribution < -0.4 is 5.73 Å². The Bertz CT molecular complexity index is 257. The molecule has 0 radical (unpaired) electrons. The quantitative estimate of drug-likeness (QED) is 0.588. The van der Waals surface area contributed by atoms with Gasteiger partial charge in [0, 0.05) is 18.8 Å². The second-order valence-corrected chi connectivity index (χ2v) is 2.05. The highest BCUT2D eigenvalue weighted by molar-refractivity contribution is 5.16. The first-order valence-electron chi connectivity index (χ1n) is 2.88. The number of hydrogen-bond donors (Lipinski definition) is 1. The van der Waals surface area contributed by atoms with Crippen molar-refractivity contribution in [2.75, 3.05) is 0 Å². The van der Waals surface area contributed by atoms with Crippen molar-refractivity contribution in [3.63, 3.8) is 0 Å². The van der Waals surface area contributed by atoms with E-state index in [2.05, 4.69) is 5.10 Å². The Morgan fingerprint density at radius 2 is 2.60 bits per heavy atom. The average molecular weight is 136 g/mol. The summed E-state index contributed by atoms with van der Waals surface area (Å²) in [7, 11) is 1.79. The van der Waals surface area contributed by atoms with E-state index in [0.29, 0.717) is 0 Å². The van der Waals surface area contributed by atoms with Crippen molar-refractivity contribution in [1.82, 2.24) is 9.78 Å². The molecule has 10 heavy (non-hydrogen) atoms. The van der Waals surface area contributed by atoms with Crippen LogP contribution in [-0.2, 0) is 7.05 Å². The number of nitrogens with two attached hydrogens (primary N) is 1. The van der Waals surface area contributed by atoms with Gasteiger partial charge < -0.3 is 5.73 Å². The van der Waals surface area contributed by atoms with Gasteiger partial charge in [-0.1, -0.05) is 0 Å². The summed E-state index contributed by atoms with van der Waals surface area (Å²) in [6.45, 7) is 0. The molecule has 0 bridgehead atoms. The molecule has 4 heteroatoms. The molecule has 0 fully saturated rings. The Balaban J connectivity index is 2.87. The van der Waals surface area contributed by atoms with Crippen LogP contribution in [0.25, 0.3) is 0 Å². The standard InChI is InChI=1S/C6H8N4/c1-10-4-5(3-9-10)6(8)2-7/h3-4,6H,8H2,1H3/t6-/m0/s1. The molecule has 0 aliphatic carbocycles. The predicted molar refractivity (Wildman–Crippen MR) is 35.7 cm³/mol. The zero-order valence-electron chi connectivity index (χ0n) is 5.65. The molecule has 0 aliphatic rings. The first kappa shape index (κ1) is 6.78. The van der Waals surface area contributed by atoms with Crippen LogP contribution in [0.1, 0.15) is 11.6 Å². The van der Waals surface area contributed by atoms with E-state index >= 15 is 0 Å². The Labute approximate surface area is 58.9 Å². The Morgan fingerprint density at radius 1 is 1.90 bits per heavy atom.